The summed E-state index contributed by atoms with van der Waals surface area (Å²) in [5.41, 5.74) is 1.04. The SMILES string of the molecule is CC(C)N1Cc2nn3c(C(F)(F)F)ccnc3c2C1. The van der Waals surface area contributed by atoms with Crippen molar-refractivity contribution in [3.05, 3.63) is 29.2 Å². The van der Waals surface area contributed by atoms with Gasteiger partial charge < -0.3 is 0 Å². The zero-order valence-electron chi connectivity index (χ0n) is 10.6. The minimum absolute atomic E-state index is 0.313. The fourth-order valence-corrected chi connectivity index (χ4v) is 2.36. The van der Waals surface area contributed by atoms with E-state index < -0.39 is 11.9 Å². The number of nitrogens with zero attached hydrogens (tertiary/aromatic N) is 4. The Morgan fingerprint density at radius 2 is 2.00 bits per heavy atom. The predicted molar refractivity (Wildman–Crippen MR) is 62.4 cm³/mol. The Bertz CT molecular complexity index is 630. The molecular weight excluding hydrogens is 257 g/mol. The van der Waals surface area contributed by atoms with E-state index in [0.717, 1.165) is 16.1 Å². The molecule has 102 valence electrons. The molecule has 2 aromatic heterocycles. The summed E-state index contributed by atoms with van der Waals surface area (Å²) in [5, 5.41) is 4.08. The molecule has 0 spiro atoms. The van der Waals surface area contributed by atoms with Gasteiger partial charge in [-0.05, 0) is 19.9 Å². The minimum atomic E-state index is -4.42. The van der Waals surface area contributed by atoms with Gasteiger partial charge in [0, 0.05) is 30.9 Å². The lowest BCUT2D eigenvalue weighted by molar-refractivity contribution is -0.142. The molecule has 19 heavy (non-hydrogen) atoms. The highest BCUT2D eigenvalue weighted by Gasteiger charge is 2.36. The zero-order chi connectivity index (χ0) is 13.8. The molecular formula is C12H13F3N4. The number of alkyl halides is 3. The molecule has 0 N–H and O–H groups in total. The molecule has 0 atom stereocenters. The van der Waals surface area contributed by atoms with Gasteiger partial charge in [0.25, 0.3) is 0 Å². The standard InChI is InChI=1S/C12H13F3N4/c1-7(2)18-5-8-9(6-18)17-19-10(12(13,14)15)3-4-16-11(8)19/h3-4,7H,5-6H2,1-2H3. The Kier molecular flexibility index (Phi) is 2.57. The molecule has 3 rings (SSSR count). The quantitative estimate of drug-likeness (QED) is 0.798. The first-order valence-electron chi connectivity index (χ1n) is 6.04. The molecule has 0 amide bonds. The van der Waals surface area contributed by atoms with Crippen LogP contribution >= 0.6 is 0 Å². The Labute approximate surface area is 107 Å². The molecule has 0 bridgehead atoms. The van der Waals surface area contributed by atoms with Crippen LogP contribution in [-0.4, -0.2) is 25.5 Å². The first-order valence-corrected chi connectivity index (χ1v) is 6.04. The fraction of sp³-hybridized carbons (Fsp3) is 0.500. The van der Waals surface area contributed by atoms with Crippen LogP contribution in [0.5, 0.6) is 0 Å². The van der Waals surface area contributed by atoms with E-state index in [1.165, 1.54) is 6.20 Å². The second kappa shape index (κ2) is 3.93. The highest BCUT2D eigenvalue weighted by molar-refractivity contribution is 5.52. The van der Waals surface area contributed by atoms with Gasteiger partial charge in [-0.15, -0.1) is 0 Å². The first kappa shape index (κ1) is 12.4. The van der Waals surface area contributed by atoms with Gasteiger partial charge in [-0.1, -0.05) is 0 Å². The van der Waals surface area contributed by atoms with E-state index in [4.69, 9.17) is 0 Å². The minimum Gasteiger partial charge on any atom is -0.291 e. The first-order chi connectivity index (χ1) is 8.88. The van der Waals surface area contributed by atoms with Crippen LogP contribution in [0.4, 0.5) is 13.2 Å². The van der Waals surface area contributed by atoms with Gasteiger partial charge >= 0.3 is 6.18 Å². The third-order valence-corrected chi connectivity index (χ3v) is 3.43. The predicted octanol–water partition coefficient (Wildman–Crippen LogP) is 2.47. The molecule has 1 aliphatic heterocycles. The van der Waals surface area contributed by atoms with E-state index in [-0.39, 0.29) is 0 Å². The molecule has 7 heteroatoms. The van der Waals surface area contributed by atoms with Crippen LogP contribution in [0.2, 0.25) is 0 Å². The number of halogens is 3. The highest BCUT2D eigenvalue weighted by Crippen LogP contribution is 2.32. The van der Waals surface area contributed by atoms with Gasteiger partial charge in [-0.25, -0.2) is 9.50 Å². The average Bonchev–Trinajstić information content (AvgIpc) is 2.83. The average molecular weight is 270 g/mol. The number of hydrogen-bond donors (Lipinski definition) is 0. The zero-order valence-corrected chi connectivity index (χ0v) is 10.6. The van der Waals surface area contributed by atoms with Crippen LogP contribution in [0.25, 0.3) is 5.65 Å². The highest BCUT2D eigenvalue weighted by atomic mass is 19.4. The Balaban J connectivity index is 2.13. The van der Waals surface area contributed by atoms with Crippen LogP contribution in [0.1, 0.15) is 30.8 Å². The van der Waals surface area contributed by atoms with Crippen LogP contribution in [-0.2, 0) is 19.3 Å². The van der Waals surface area contributed by atoms with Crippen LogP contribution in [0, 0.1) is 0 Å². The maximum atomic E-state index is 12.9. The molecule has 3 heterocycles. The van der Waals surface area contributed by atoms with E-state index in [0.29, 0.717) is 30.5 Å². The molecule has 0 radical (unpaired) electrons. The van der Waals surface area contributed by atoms with Crippen molar-refractivity contribution < 1.29 is 13.2 Å². The molecule has 0 unspecified atom stereocenters. The Morgan fingerprint density at radius 1 is 1.26 bits per heavy atom. The Hall–Kier alpha value is -1.63. The van der Waals surface area contributed by atoms with Gasteiger partial charge in [0.15, 0.2) is 5.65 Å². The second-order valence-corrected chi connectivity index (χ2v) is 4.99. The lowest BCUT2D eigenvalue weighted by Crippen LogP contribution is -2.25. The molecule has 4 nitrogen and oxygen atoms in total. The smallest absolute Gasteiger partial charge is 0.291 e. The van der Waals surface area contributed by atoms with Crippen molar-refractivity contribution in [1.82, 2.24) is 19.5 Å². The monoisotopic (exact) mass is 270 g/mol. The molecule has 1 aliphatic rings. The maximum absolute atomic E-state index is 12.9. The van der Waals surface area contributed by atoms with Crippen molar-refractivity contribution in [3.63, 3.8) is 0 Å². The number of fused-ring (bicyclic) bond motifs is 3. The number of hydrogen-bond acceptors (Lipinski definition) is 3. The lowest BCUT2D eigenvalue weighted by atomic mass is 10.3. The second-order valence-electron chi connectivity index (χ2n) is 4.99. The Morgan fingerprint density at radius 3 is 2.63 bits per heavy atom. The summed E-state index contributed by atoms with van der Waals surface area (Å²) in [5.74, 6) is 0. The summed E-state index contributed by atoms with van der Waals surface area (Å²) in [7, 11) is 0. The molecule has 0 fully saturated rings. The van der Waals surface area contributed by atoms with Crippen molar-refractivity contribution in [3.8, 4) is 0 Å². The topological polar surface area (TPSA) is 33.4 Å². The van der Waals surface area contributed by atoms with E-state index >= 15 is 0 Å². The van der Waals surface area contributed by atoms with Crippen molar-refractivity contribution in [2.75, 3.05) is 0 Å². The summed E-state index contributed by atoms with van der Waals surface area (Å²) in [4.78, 5) is 6.21. The maximum Gasteiger partial charge on any atom is 0.433 e. The molecule has 0 aliphatic carbocycles. The summed E-state index contributed by atoms with van der Waals surface area (Å²) in [6.07, 6.45) is -3.23. The van der Waals surface area contributed by atoms with E-state index in [9.17, 15) is 13.2 Å². The van der Waals surface area contributed by atoms with Gasteiger partial charge in [0.2, 0.25) is 0 Å². The normalized spacial score (nSPS) is 16.5. The fourth-order valence-electron chi connectivity index (χ4n) is 2.36. The summed E-state index contributed by atoms with van der Waals surface area (Å²) in [6, 6.07) is 1.29. The van der Waals surface area contributed by atoms with Gasteiger partial charge in [0.05, 0.1) is 5.69 Å². The third kappa shape index (κ3) is 1.88. The van der Waals surface area contributed by atoms with Gasteiger partial charge in [-0.3, -0.25) is 4.90 Å². The molecule has 0 saturated heterocycles. The van der Waals surface area contributed by atoms with Crippen molar-refractivity contribution in [2.24, 2.45) is 0 Å². The summed E-state index contributed by atoms with van der Waals surface area (Å²) in [6.45, 7) is 5.28. The third-order valence-electron chi connectivity index (χ3n) is 3.43. The van der Waals surface area contributed by atoms with Crippen molar-refractivity contribution >= 4 is 5.65 Å². The van der Waals surface area contributed by atoms with Gasteiger partial charge in [0.1, 0.15) is 5.69 Å². The summed E-state index contributed by atoms with van der Waals surface area (Å²) >= 11 is 0. The van der Waals surface area contributed by atoms with Crippen LogP contribution in [0.3, 0.4) is 0 Å². The van der Waals surface area contributed by atoms with E-state index in [1.807, 2.05) is 0 Å². The number of aromatic nitrogens is 3. The largest absolute Gasteiger partial charge is 0.433 e. The molecule has 0 saturated carbocycles. The van der Waals surface area contributed by atoms with Crippen LogP contribution < -0.4 is 0 Å². The lowest BCUT2D eigenvalue weighted by Gasteiger charge is -2.19. The summed E-state index contributed by atoms with van der Waals surface area (Å²) < 4.78 is 39.6. The van der Waals surface area contributed by atoms with Crippen molar-refractivity contribution in [1.29, 1.82) is 0 Å². The number of rotatable bonds is 1. The van der Waals surface area contributed by atoms with Crippen molar-refractivity contribution in [2.45, 2.75) is 39.2 Å². The van der Waals surface area contributed by atoms with Gasteiger partial charge in [-0.2, -0.15) is 18.3 Å². The molecule has 2 aromatic rings. The molecule has 0 aromatic carbocycles. The van der Waals surface area contributed by atoms with E-state index in [2.05, 4.69) is 28.8 Å². The van der Waals surface area contributed by atoms with Crippen LogP contribution in [0.15, 0.2) is 12.3 Å². The van der Waals surface area contributed by atoms with E-state index in [1.54, 1.807) is 0 Å².